The molecule has 0 atom stereocenters. The molecular weight excluding hydrogens is 442 g/mol. The number of nitro benzene ring substituents is 1. The topological polar surface area (TPSA) is 92.5 Å². The molecule has 1 aliphatic rings. The Morgan fingerprint density at radius 2 is 1.60 bits per heavy atom. The Morgan fingerprint density at radius 3 is 2.17 bits per heavy atom. The first-order valence-corrected chi connectivity index (χ1v) is 11.8. The number of anilines is 1. The van der Waals surface area contributed by atoms with Gasteiger partial charge in [-0.2, -0.15) is 0 Å². The fourth-order valence-electron chi connectivity index (χ4n) is 4.30. The molecule has 1 amide bonds. The Kier molecular flexibility index (Phi) is 6.82. The van der Waals surface area contributed by atoms with Gasteiger partial charge >= 0.3 is 0 Å². The zero-order chi connectivity index (χ0) is 25.2. The predicted octanol–water partition coefficient (Wildman–Crippen LogP) is 4.65. The molecule has 3 aromatic rings. The largest absolute Gasteiger partial charge is 0.353 e. The quantitative estimate of drug-likeness (QED) is 0.396. The van der Waals surface area contributed by atoms with Gasteiger partial charge in [0.05, 0.1) is 4.92 Å². The van der Waals surface area contributed by atoms with Crippen LogP contribution in [0.4, 0.5) is 11.5 Å². The lowest BCUT2D eigenvalue weighted by Gasteiger charge is -2.39. The van der Waals surface area contributed by atoms with E-state index in [1.165, 1.54) is 12.1 Å². The molecule has 0 unspecified atom stereocenters. The molecule has 1 fully saturated rings. The van der Waals surface area contributed by atoms with Gasteiger partial charge in [0.25, 0.3) is 5.69 Å². The highest BCUT2D eigenvalue weighted by Crippen LogP contribution is 2.29. The van der Waals surface area contributed by atoms with Crippen molar-refractivity contribution in [3.05, 3.63) is 81.5 Å². The maximum absolute atomic E-state index is 12.8. The Hall–Kier alpha value is -3.81. The Balaban J connectivity index is 1.67. The third-order valence-electron chi connectivity index (χ3n) is 6.26. The van der Waals surface area contributed by atoms with E-state index in [4.69, 9.17) is 9.97 Å². The molecule has 2 heterocycles. The zero-order valence-corrected chi connectivity index (χ0v) is 20.7. The Morgan fingerprint density at radius 1 is 0.971 bits per heavy atom. The Bertz CT molecular complexity index is 1210. The fraction of sp³-hybridized carbons (Fsp3) is 0.370. The van der Waals surface area contributed by atoms with Gasteiger partial charge in [-0.1, -0.05) is 63.2 Å². The van der Waals surface area contributed by atoms with Crippen LogP contribution < -0.4 is 4.90 Å². The number of amides is 1. The molecule has 1 aliphatic heterocycles. The van der Waals surface area contributed by atoms with Gasteiger partial charge in [-0.3, -0.25) is 14.9 Å². The van der Waals surface area contributed by atoms with Crippen LogP contribution in [0.15, 0.2) is 54.6 Å². The fourth-order valence-corrected chi connectivity index (χ4v) is 4.30. The van der Waals surface area contributed by atoms with E-state index in [9.17, 15) is 14.9 Å². The molecule has 2 aromatic carbocycles. The van der Waals surface area contributed by atoms with Crippen molar-refractivity contribution in [2.45, 2.75) is 34.1 Å². The maximum Gasteiger partial charge on any atom is 0.269 e. The van der Waals surface area contributed by atoms with Crippen molar-refractivity contribution in [3.63, 3.8) is 0 Å². The molecule has 0 saturated carbocycles. The summed E-state index contributed by atoms with van der Waals surface area (Å²) >= 11 is 0. The summed E-state index contributed by atoms with van der Waals surface area (Å²) in [5.41, 5.74) is 3.43. The van der Waals surface area contributed by atoms with E-state index in [1.54, 1.807) is 12.1 Å². The van der Waals surface area contributed by atoms with E-state index < -0.39 is 10.3 Å². The highest BCUT2D eigenvalue weighted by molar-refractivity contribution is 5.81. The molecule has 35 heavy (non-hydrogen) atoms. The summed E-state index contributed by atoms with van der Waals surface area (Å²) in [5, 5.41) is 11.0. The van der Waals surface area contributed by atoms with Gasteiger partial charge in [-0.05, 0) is 12.5 Å². The van der Waals surface area contributed by atoms with Crippen LogP contribution >= 0.6 is 0 Å². The average Bonchev–Trinajstić information content (AvgIpc) is 2.85. The molecule has 0 bridgehead atoms. The molecule has 8 heteroatoms. The summed E-state index contributed by atoms with van der Waals surface area (Å²) in [4.78, 5) is 37.4. The average molecular weight is 474 g/mol. The molecule has 1 saturated heterocycles. The second-order valence-corrected chi connectivity index (χ2v) is 9.93. The molecule has 0 aliphatic carbocycles. The number of non-ortho nitro benzene ring substituents is 1. The second-order valence-electron chi connectivity index (χ2n) is 9.93. The maximum atomic E-state index is 12.8. The van der Waals surface area contributed by atoms with Crippen molar-refractivity contribution >= 4 is 17.4 Å². The standard InChI is InChI=1S/C27H31N5O3/c1-19-23(18-20-10-12-22(13-11-20)32(34)35)25(29-24(28-19)21-8-6-5-7-9-21)30-14-16-31(17-15-30)26(33)27(2,3)4/h5-13H,14-18H2,1-4H3. The molecule has 1 aromatic heterocycles. The molecular formula is C27H31N5O3. The zero-order valence-electron chi connectivity index (χ0n) is 20.7. The number of carbonyl (C=O) groups is 1. The lowest BCUT2D eigenvalue weighted by molar-refractivity contribution is -0.384. The minimum absolute atomic E-state index is 0.0704. The summed E-state index contributed by atoms with van der Waals surface area (Å²) in [6, 6.07) is 16.5. The smallest absolute Gasteiger partial charge is 0.269 e. The number of carbonyl (C=O) groups excluding carboxylic acids is 1. The van der Waals surface area contributed by atoms with Gasteiger partial charge in [-0.15, -0.1) is 0 Å². The van der Waals surface area contributed by atoms with E-state index in [0.29, 0.717) is 38.4 Å². The number of aryl methyl sites for hydroxylation is 1. The van der Waals surface area contributed by atoms with Crippen LogP contribution in [0.3, 0.4) is 0 Å². The molecule has 0 N–H and O–H groups in total. The van der Waals surface area contributed by atoms with Crippen molar-refractivity contribution in [2.24, 2.45) is 5.41 Å². The first-order chi connectivity index (χ1) is 16.6. The summed E-state index contributed by atoms with van der Waals surface area (Å²) < 4.78 is 0. The number of nitrogens with zero attached hydrogens (tertiary/aromatic N) is 5. The predicted molar refractivity (Wildman–Crippen MR) is 136 cm³/mol. The molecule has 4 rings (SSSR count). The third kappa shape index (κ3) is 5.48. The van der Waals surface area contributed by atoms with Crippen LogP contribution in [0.1, 0.15) is 37.6 Å². The first-order valence-electron chi connectivity index (χ1n) is 11.8. The number of nitro groups is 1. The van der Waals surface area contributed by atoms with Crippen LogP contribution in [0, 0.1) is 22.5 Å². The van der Waals surface area contributed by atoms with Crippen LogP contribution in [-0.4, -0.2) is 51.9 Å². The minimum atomic E-state index is -0.408. The van der Waals surface area contributed by atoms with Gasteiger partial charge in [0.15, 0.2) is 5.82 Å². The SMILES string of the molecule is Cc1nc(-c2ccccc2)nc(N2CCN(C(=O)C(C)(C)C)CC2)c1Cc1ccc([N+](=O)[O-])cc1. The molecule has 0 radical (unpaired) electrons. The monoisotopic (exact) mass is 473 g/mol. The number of aromatic nitrogens is 2. The van der Waals surface area contributed by atoms with E-state index in [2.05, 4.69) is 4.90 Å². The number of hydrogen-bond acceptors (Lipinski definition) is 6. The van der Waals surface area contributed by atoms with Crippen LogP contribution in [0.25, 0.3) is 11.4 Å². The number of rotatable bonds is 5. The summed E-state index contributed by atoms with van der Waals surface area (Å²) in [6.45, 7) is 10.5. The van der Waals surface area contributed by atoms with Gasteiger partial charge in [-0.25, -0.2) is 9.97 Å². The second kappa shape index (κ2) is 9.82. The van der Waals surface area contributed by atoms with Crippen molar-refractivity contribution in [2.75, 3.05) is 31.1 Å². The van der Waals surface area contributed by atoms with Gasteiger partial charge in [0.1, 0.15) is 5.82 Å². The number of hydrogen-bond donors (Lipinski definition) is 0. The van der Waals surface area contributed by atoms with E-state index in [1.807, 2.05) is 62.9 Å². The van der Waals surface area contributed by atoms with Crippen LogP contribution in [-0.2, 0) is 11.2 Å². The minimum Gasteiger partial charge on any atom is -0.353 e. The summed E-state index contributed by atoms with van der Waals surface area (Å²) in [7, 11) is 0. The van der Waals surface area contributed by atoms with E-state index >= 15 is 0 Å². The molecule has 0 spiro atoms. The van der Waals surface area contributed by atoms with Gasteiger partial charge < -0.3 is 9.80 Å². The lowest BCUT2D eigenvalue weighted by atomic mass is 9.94. The number of piperazine rings is 1. The first kappa shape index (κ1) is 24.3. The summed E-state index contributed by atoms with van der Waals surface area (Å²) in [6.07, 6.45) is 0.565. The van der Waals surface area contributed by atoms with E-state index in [0.717, 1.165) is 28.2 Å². The molecule has 8 nitrogen and oxygen atoms in total. The van der Waals surface area contributed by atoms with Gasteiger partial charge in [0.2, 0.25) is 5.91 Å². The third-order valence-corrected chi connectivity index (χ3v) is 6.26. The number of benzene rings is 2. The lowest BCUT2D eigenvalue weighted by Crippen LogP contribution is -2.52. The summed E-state index contributed by atoms with van der Waals surface area (Å²) in [5.74, 6) is 1.68. The van der Waals surface area contributed by atoms with Crippen molar-refractivity contribution in [1.29, 1.82) is 0 Å². The van der Waals surface area contributed by atoms with Crippen LogP contribution in [0.5, 0.6) is 0 Å². The van der Waals surface area contributed by atoms with Crippen molar-refractivity contribution in [1.82, 2.24) is 14.9 Å². The van der Waals surface area contributed by atoms with Gasteiger partial charge in [0, 0.05) is 67.0 Å². The Labute approximate surface area is 205 Å². The highest BCUT2D eigenvalue weighted by atomic mass is 16.6. The van der Waals surface area contributed by atoms with Crippen LogP contribution in [0.2, 0.25) is 0 Å². The highest BCUT2D eigenvalue weighted by Gasteiger charge is 2.31. The van der Waals surface area contributed by atoms with E-state index in [-0.39, 0.29) is 11.6 Å². The van der Waals surface area contributed by atoms with Crippen molar-refractivity contribution in [3.8, 4) is 11.4 Å². The molecule has 182 valence electrons. The normalized spacial score (nSPS) is 14.2. The van der Waals surface area contributed by atoms with Crippen molar-refractivity contribution < 1.29 is 9.72 Å².